The highest BCUT2D eigenvalue weighted by molar-refractivity contribution is 7.88. The van der Waals surface area contributed by atoms with Crippen LogP contribution >= 0.6 is 0 Å². The molecule has 0 radical (unpaired) electrons. The highest BCUT2D eigenvalue weighted by Crippen LogP contribution is 2.19. The number of furan rings is 1. The first-order valence-corrected chi connectivity index (χ1v) is 8.77. The highest BCUT2D eigenvalue weighted by atomic mass is 32.2. The van der Waals surface area contributed by atoms with Crippen molar-refractivity contribution < 1.29 is 40.3 Å². The first-order valence-electron chi connectivity index (χ1n) is 7.33. The molecule has 0 aliphatic heterocycles. The molecule has 0 bridgehead atoms. The molecule has 2 aromatic rings. The summed E-state index contributed by atoms with van der Waals surface area (Å²) in [6.07, 6.45) is -3.50. The number of nitrogens with zero attached hydrogens (tertiary/aromatic N) is 2. The lowest BCUT2D eigenvalue weighted by molar-refractivity contribution is -0.154. The number of alkyl halides is 3. The Kier molecular flexibility index (Phi) is 6.11. The van der Waals surface area contributed by atoms with Crippen molar-refractivity contribution in [1.82, 2.24) is 9.29 Å². The quantitative estimate of drug-likeness (QED) is 0.648. The summed E-state index contributed by atoms with van der Waals surface area (Å²) in [4.78, 5) is 15.5. The van der Waals surface area contributed by atoms with Crippen molar-refractivity contribution in [3.63, 3.8) is 0 Å². The molecule has 0 spiro atoms. The highest BCUT2D eigenvalue weighted by Gasteiger charge is 2.28. The maximum Gasteiger partial charge on any atom is 0.422 e. The molecule has 0 aliphatic rings. The van der Waals surface area contributed by atoms with Crippen molar-refractivity contribution in [2.24, 2.45) is 0 Å². The Morgan fingerprint density at radius 1 is 1.22 bits per heavy atom. The molecule has 0 fully saturated rings. The number of sulfonamides is 1. The van der Waals surface area contributed by atoms with Crippen LogP contribution in [-0.2, 0) is 21.4 Å². The Morgan fingerprint density at radius 3 is 2.48 bits per heavy atom. The maximum atomic E-state index is 12.1. The van der Waals surface area contributed by atoms with Crippen LogP contribution in [0.4, 0.5) is 13.2 Å². The summed E-state index contributed by atoms with van der Waals surface area (Å²) in [5.41, 5.74) is -0.0259. The first-order chi connectivity index (χ1) is 12.5. The molecular formula is C15H15F3N2O6S. The summed E-state index contributed by atoms with van der Waals surface area (Å²) < 4.78 is 75.4. The number of hydrogen-bond acceptors (Lipinski definition) is 7. The van der Waals surface area contributed by atoms with Crippen molar-refractivity contribution >= 4 is 16.0 Å². The molecule has 2 heterocycles. The summed E-state index contributed by atoms with van der Waals surface area (Å²) in [5.74, 6) is -1.02. The molecule has 0 atom stereocenters. The monoisotopic (exact) mass is 408 g/mol. The SMILES string of the molecule is CN(C)S(=O)(=O)c1ccc(COC(=O)c2ccc(OCC(F)(F)F)nc2)o1. The predicted molar refractivity (Wildman–Crippen MR) is 84.5 cm³/mol. The number of rotatable bonds is 7. The van der Waals surface area contributed by atoms with E-state index in [1.54, 1.807) is 0 Å². The van der Waals surface area contributed by atoms with Gasteiger partial charge in [-0.05, 0) is 18.2 Å². The van der Waals surface area contributed by atoms with Crippen molar-refractivity contribution in [2.75, 3.05) is 20.7 Å². The van der Waals surface area contributed by atoms with E-state index in [0.717, 1.165) is 16.6 Å². The lowest BCUT2D eigenvalue weighted by Crippen LogP contribution is -2.21. The zero-order valence-corrected chi connectivity index (χ0v) is 15.0. The molecule has 8 nitrogen and oxygen atoms in total. The van der Waals surface area contributed by atoms with Crippen LogP contribution in [0.25, 0.3) is 0 Å². The Morgan fingerprint density at radius 2 is 1.93 bits per heavy atom. The summed E-state index contributed by atoms with van der Waals surface area (Å²) in [6.45, 7) is -1.84. The second-order valence-corrected chi connectivity index (χ2v) is 7.46. The van der Waals surface area contributed by atoms with E-state index in [1.807, 2.05) is 0 Å². The fourth-order valence-electron chi connectivity index (χ4n) is 1.72. The molecule has 2 rings (SSSR count). The smallest absolute Gasteiger partial charge is 0.422 e. The Labute approximate surface area is 152 Å². The fourth-order valence-corrected chi connectivity index (χ4v) is 2.53. The van der Waals surface area contributed by atoms with Gasteiger partial charge >= 0.3 is 12.1 Å². The molecular weight excluding hydrogens is 393 g/mol. The maximum absolute atomic E-state index is 12.1. The summed E-state index contributed by atoms with van der Waals surface area (Å²) in [7, 11) is -1.07. The van der Waals surface area contributed by atoms with E-state index in [-0.39, 0.29) is 28.9 Å². The van der Waals surface area contributed by atoms with Gasteiger partial charge < -0.3 is 13.9 Å². The van der Waals surface area contributed by atoms with Gasteiger partial charge in [0.25, 0.3) is 10.0 Å². The van der Waals surface area contributed by atoms with Crippen LogP contribution in [0.3, 0.4) is 0 Å². The molecule has 0 saturated heterocycles. The number of halogens is 3. The van der Waals surface area contributed by atoms with Crippen LogP contribution in [0.5, 0.6) is 5.88 Å². The normalized spacial score (nSPS) is 12.2. The van der Waals surface area contributed by atoms with Gasteiger partial charge in [-0.15, -0.1) is 0 Å². The first kappa shape index (κ1) is 20.7. The van der Waals surface area contributed by atoms with Crippen LogP contribution < -0.4 is 4.74 Å². The second-order valence-electron chi connectivity index (χ2n) is 5.37. The average molecular weight is 408 g/mol. The Bertz CT molecular complexity index is 891. The van der Waals surface area contributed by atoms with Crippen molar-refractivity contribution in [2.45, 2.75) is 17.9 Å². The fraction of sp³-hybridized carbons (Fsp3) is 0.333. The van der Waals surface area contributed by atoms with Crippen LogP contribution in [0, 0.1) is 0 Å². The van der Waals surface area contributed by atoms with Gasteiger partial charge in [-0.2, -0.15) is 13.2 Å². The molecule has 0 N–H and O–H groups in total. The standard InChI is InChI=1S/C15H15F3N2O6S/c1-20(2)27(22,23)13-6-4-11(26-13)8-24-14(21)10-3-5-12(19-7-10)25-9-15(16,17)18/h3-7H,8-9H2,1-2H3. The number of carbonyl (C=O) groups is 1. The third kappa shape index (κ3) is 5.69. The average Bonchev–Trinajstić information content (AvgIpc) is 3.07. The zero-order chi connectivity index (χ0) is 20.2. The number of ether oxygens (including phenoxy) is 2. The summed E-state index contributed by atoms with van der Waals surface area (Å²) >= 11 is 0. The van der Waals surface area contributed by atoms with E-state index in [2.05, 4.69) is 9.72 Å². The van der Waals surface area contributed by atoms with Gasteiger partial charge in [-0.3, -0.25) is 0 Å². The minimum absolute atomic E-state index is 0.0259. The van der Waals surface area contributed by atoms with Crippen molar-refractivity contribution in [3.8, 4) is 5.88 Å². The van der Waals surface area contributed by atoms with Gasteiger partial charge in [0.15, 0.2) is 6.61 Å². The minimum Gasteiger partial charge on any atom is -0.468 e. The van der Waals surface area contributed by atoms with E-state index < -0.39 is 28.8 Å². The van der Waals surface area contributed by atoms with Gasteiger partial charge in [0.2, 0.25) is 11.0 Å². The Balaban J connectivity index is 1.93. The van der Waals surface area contributed by atoms with E-state index in [4.69, 9.17) is 9.15 Å². The largest absolute Gasteiger partial charge is 0.468 e. The molecule has 0 aliphatic carbocycles. The molecule has 0 unspecified atom stereocenters. The lowest BCUT2D eigenvalue weighted by atomic mass is 10.3. The van der Waals surface area contributed by atoms with E-state index in [1.165, 1.54) is 32.3 Å². The van der Waals surface area contributed by atoms with Gasteiger partial charge in [0, 0.05) is 26.4 Å². The minimum atomic E-state index is -4.50. The van der Waals surface area contributed by atoms with Gasteiger partial charge in [0.05, 0.1) is 5.56 Å². The van der Waals surface area contributed by atoms with E-state index in [9.17, 15) is 26.4 Å². The van der Waals surface area contributed by atoms with Crippen LogP contribution in [0.15, 0.2) is 40.0 Å². The van der Waals surface area contributed by atoms with Crippen molar-refractivity contribution in [3.05, 3.63) is 41.8 Å². The van der Waals surface area contributed by atoms with Crippen LogP contribution in [0.2, 0.25) is 0 Å². The molecule has 0 amide bonds. The van der Waals surface area contributed by atoms with Crippen LogP contribution in [-0.4, -0.2) is 50.6 Å². The van der Waals surface area contributed by atoms with Gasteiger partial charge in [-0.25, -0.2) is 22.5 Å². The molecule has 0 saturated carbocycles. The topological polar surface area (TPSA) is 98.9 Å². The number of carbonyl (C=O) groups excluding carboxylic acids is 1. The van der Waals surface area contributed by atoms with E-state index >= 15 is 0 Å². The molecule has 0 aromatic carbocycles. The van der Waals surface area contributed by atoms with Crippen LogP contribution in [0.1, 0.15) is 16.1 Å². The number of esters is 1. The summed E-state index contributed by atoms with van der Waals surface area (Å²) in [6, 6.07) is 4.85. The lowest BCUT2D eigenvalue weighted by Gasteiger charge is -2.08. The van der Waals surface area contributed by atoms with Crippen molar-refractivity contribution in [1.29, 1.82) is 0 Å². The zero-order valence-electron chi connectivity index (χ0n) is 14.2. The number of aromatic nitrogens is 1. The third-order valence-corrected chi connectivity index (χ3v) is 4.76. The molecule has 148 valence electrons. The summed E-state index contributed by atoms with van der Waals surface area (Å²) in [5, 5.41) is -0.300. The van der Waals surface area contributed by atoms with Gasteiger partial charge in [0.1, 0.15) is 12.4 Å². The van der Waals surface area contributed by atoms with E-state index in [0.29, 0.717) is 0 Å². The molecule has 12 heteroatoms. The number of pyridine rings is 1. The third-order valence-electron chi connectivity index (χ3n) is 3.07. The molecule has 27 heavy (non-hydrogen) atoms. The second kappa shape index (κ2) is 7.96. The van der Waals surface area contributed by atoms with Gasteiger partial charge in [-0.1, -0.05) is 0 Å². The molecule has 2 aromatic heterocycles. The number of hydrogen-bond donors (Lipinski definition) is 0. The predicted octanol–water partition coefficient (Wildman–Crippen LogP) is 2.22. The Hall–Kier alpha value is -2.60.